The predicted octanol–water partition coefficient (Wildman–Crippen LogP) is 4.40. The van der Waals surface area contributed by atoms with Gasteiger partial charge in [-0.05, 0) is 67.3 Å². The molecule has 1 saturated heterocycles. The van der Waals surface area contributed by atoms with Crippen LogP contribution in [0.4, 0.5) is 11.4 Å². The first-order valence-corrected chi connectivity index (χ1v) is 13.9. The van der Waals surface area contributed by atoms with Crippen molar-refractivity contribution in [1.82, 2.24) is 4.90 Å². The lowest BCUT2D eigenvalue weighted by Crippen LogP contribution is -2.28. The SMILES string of the molecule is COc1cccc(NS(=O)(=O)c2cc(C(=O)N3CCCC3)ccc2NCCc2ccc(OC)c(OC)c2)c1. The Morgan fingerprint density at radius 1 is 0.895 bits per heavy atom. The van der Waals surface area contributed by atoms with Crippen LogP contribution in [0.25, 0.3) is 0 Å². The molecule has 1 heterocycles. The molecule has 202 valence electrons. The molecule has 1 amide bonds. The monoisotopic (exact) mass is 539 g/mol. The third-order valence-electron chi connectivity index (χ3n) is 6.41. The lowest BCUT2D eigenvalue weighted by molar-refractivity contribution is 0.0792. The van der Waals surface area contributed by atoms with Gasteiger partial charge in [0.1, 0.15) is 10.6 Å². The van der Waals surface area contributed by atoms with Crippen LogP contribution in [0.5, 0.6) is 17.2 Å². The molecule has 10 heteroatoms. The first kappa shape index (κ1) is 27.1. The van der Waals surface area contributed by atoms with Crippen molar-refractivity contribution in [2.75, 3.05) is 51.0 Å². The van der Waals surface area contributed by atoms with Crippen LogP contribution in [0.15, 0.2) is 65.6 Å². The predicted molar refractivity (Wildman–Crippen MR) is 147 cm³/mol. The number of benzene rings is 3. The number of nitrogens with one attached hydrogen (secondary N) is 2. The number of ether oxygens (including phenoxy) is 3. The number of amides is 1. The molecule has 0 aliphatic carbocycles. The van der Waals surface area contributed by atoms with E-state index in [0.29, 0.717) is 60.2 Å². The van der Waals surface area contributed by atoms with Gasteiger partial charge in [0.25, 0.3) is 15.9 Å². The number of hydrogen-bond acceptors (Lipinski definition) is 7. The highest BCUT2D eigenvalue weighted by Gasteiger charge is 2.25. The van der Waals surface area contributed by atoms with E-state index < -0.39 is 10.0 Å². The van der Waals surface area contributed by atoms with E-state index in [4.69, 9.17) is 14.2 Å². The van der Waals surface area contributed by atoms with E-state index in [2.05, 4.69) is 10.0 Å². The molecule has 0 unspecified atom stereocenters. The van der Waals surface area contributed by atoms with E-state index >= 15 is 0 Å². The summed E-state index contributed by atoms with van der Waals surface area (Å²) in [4.78, 5) is 14.8. The van der Waals surface area contributed by atoms with Gasteiger partial charge in [-0.15, -0.1) is 0 Å². The summed E-state index contributed by atoms with van der Waals surface area (Å²) in [6.07, 6.45) is 2.51. The Hall–Kier alpha value is -3.92. The minimum Gasteiger partial charge on any atom is -0.497 e. The van der Waals surface area contributed by atoms with Crippen LogP contribution < -0.4 is 24.2 Å². The first-order valence-electron chi connectivity index (χ1n) is 12.4. The first-order chi connectivity index (χ1) is 18.3. The topological polar surface area (TPSA) is 106 Å². The Morgan fingerprint density at radius 2 is 1.66 bits per heavy atom. The molecule has 38 heavy (non-hydrogen) atoms. The number of sulfonamides is 1. The molecular weight excluding hydrogens is 506 g/mol. The summed E-state index contributed by atoms with van der Waals surface area (Å²) in [7, 11) is 0.640. The van der Waals surface area contributed by atoms with E-state index in [1.807, 2.05) is 18.2 Å². The number of methoxy groups -OCH3 is 3. The van der Waals surface area contributed by atoms with Crippen LogP contribution in [0.3, 0.4) is 0 Å². The Morgan fingerprint density at radius 3 is 2.37 bits per heavy atom. The van der Waals surface area contributed by atoms with E-state index in [-0.39, 0.29) is 10.8 Å². The van der Waals surface area contributed by atoms with Crippen molar-refractivity contribution in [3.05, 3.63) is 71.8 Å². The van der Waals surface area contributed by atoms with E-state index in [9.17, 15) is 13.2 Å². The van der Waals surface area contributed by atoms with Gasteiger partial charge in [0.05, 0.1) is 32.7 Å². The molecule has 0 aromatic heterocycles. The van der Waals surface area contributed by atoms with Crippen molar-refractivity contribution in [3.8, 4) is 17.2 Å². The van der Waals surface area contributed by atoms with Gasteiger partial charge < -0.3 is 24.4 Å². The van der Waals surface area contributed by atoms with Gasteiger partial charge >= 0.3 is 0 Å². The molecule has 1 aliphatic heterocycles. The number of carbonyl (C=O) groups excluding carboxylic acids is 1. The molecule has 4 rings (SSSR count). The van der Waals surface area contributed by atoms with Crippen molar-refractivity contribution >= 4 is 27.3 Å². The fourth-order valence-corrected chi connectivity index (χ4v) is 5.66. The molecule has 0 saturated carbocycles. The molecule has 3 aromatic carbocycles. The van der Waals surface area contributed by atoms with Gasteiger partial charge in [0, 0.05) is 31.3 Å². The maximum atomic E-state index is 13.6. The summed E-state index contributed by atoms with van der Waals surface area (Å²) in [5.74, 6) is 1.62. The van der Waals surface area contributed by atoms with Crippen LogP contribution in [0.2, 0.25) is 0 Å². The number of hydrogen-bond donors (Lipinski definition) is 2. The average molecular weight is 540 g/mol. The van der Waals surface area contributed by atoms with E-state index in [0.717, 1.165) is 18.4 Å². The quantitative estimate of drug-likeness (QED) is 0.372. The Labute approximate surface area is 223 Å². The second-order valence-electron chi connectivity index (χ2n) is 8.91. The second-order valence-corrected chi connectivity index (χ2v) is 10.6. The van der Waals surface area contributed by atoms with Crippen LogP contribution in [0, 0.1) is 0 Å². The Balaban J connectivity index is 1.60. The average Bonchev–Trinajstić information content (AvgIpc) is 3.47. The van der Waals surface area contributed by atoms with Crippen molar-refractivity contribution in [2.24, 2.45) is 0 Å². The number of rotatable bonds is 11. The van der Waals surface area contributed by atoms with Crippen molar-refractivity contribution < 1.29 is 27.4 Å². The van der Waals surface area contributed by atoms with Crippen LogP contribution in [-0.4, -0.2) is 60.2 Å². The van der Waals surface area contributed by atoms with Gasteiger partial charge in [-0.25, -0.2) is 8.42 Å². The number of likely N-dealkylation sites (tertiary alicyclic amines) is 1. The summed E-state index contributed by atoms with van der Waals surface area (Å²) in [5.41, 5.74) is 2.09. The van der Waals surface area contributed by atoms with Crippen molar-refractivity contribution in [2.45, 2.75) is 24.2 Å². The maximum Gasteiger partial charge on any atom is 0.263 e. The second kappa shape index (κ2) is 12.1. The number of anilines is 2. The summed E-state index contributed by atoms with van der Waals surface area (Å²) in [5, 5.41) is 3.24. The largest absolute Gasteiger partial charge is 0.497 e. The lowest BCUT2D eigenvalue weighted by Gasteiger charge is -2.18. The molecule has 0 spiro atoms. The number of carbonyl (C=O) groups is 1. The van der Waals surface area contributed by atoms with Crippen LogP contribution in [0.1, 0.15) is 28.8 Å². The standard InChI is InChI=1S/C28H33N3O6S/c1-35-23-8-6-7-22(19-23)30-38(33,34)27-18-21(28(32)31-15-4-5-16-31)10-11-24(27)29-14-13-20-9-12-25(36-2)26(17-20)37-3/h6-12,17-19,29-30H,4-5,13-16H2,1-3H3. The van der Waals surface area contributed by atoms with Gasteiger partial charge in [0.15, 0.2) is 11.5 Å². The summed E-state index contributed by atoms with van der Waals surface area (Å²) in [6, 6.07) is 17.1. The Bertz CT molecular complexity index is 1390. The molecule has 9 nitrogen and oxygen atoms in total. The lowest BCUT2D eigenvalue weighted by atomic mass is 10.1. The molecule has 1 aliphatic rings. The highest BCUT2D eigenvalue weighted by molar-refractivity contribution is 7.92. The van der Waals surface area contributed by atoms with E-state index in [1.165, 1.54) is 13.2 Å². The highest BCUT2D eigenvalue weighted by atomic mass is 32.2. The van der Waals surface area contributed by atoms with E-state index in [1.54, 1.807) is 55.5 Å². The molecule has 1 fully saturated rings. The van der Waals surface area contributed by atoms with Crippen LogP contribution >= 0.6 is 0 Å². The summed E-state index contributed by atoms with van der Waals surface area (Å²) < 4.78 is 45.6. The van der Waals surface area contributed by atoms with Gasteiger partial charge in [-0.1, -0.05) is 12.1 Å². The number of nitrogens with zero attached hydrogens (tertiary/aromatic N) is 1. The maximum absolute atomic E-state index is 13.6. The van der Waals surface area contributed by atoms with Crippen molar-refractivity contribution in [1.29, 1.82) is 0 Å². The zero-order chi connectivity index (χ0) is 27.1. The molecule has 3 aromatic rings. The molecule has 0 bridgehead atoms. The summed E-state index contributed by atoms with van der Waals surface area (Å²) >= 11 is 0. The molecule has 0 radical (unpaired) electrons. The molecule has 0 atom stereocenters. The third kappa shape index (κ3) is 6.31. The smallest absolute Gasteiger partial charge is 0.263 e. The minimum absolute atomic E-state index is 0.00215. The fraction of sp³-hybridized carbons (Fsp3) is 0.321. The zero-order valence-electron chi connectivity index (χ0n) is 21.8. The summed E-state index contributed by atoms with van der Waals surface area (Å²) in [6.45, 7) is 1.80. The van der Waals surface area contributed by atoms with Crippen molar-refractivity contribution in [3.63, 3.8) is 0 Å². The minimum atomic E-state index is -4.04. The molecular formula is C28H33N3O6S. The normalized spacial score (nSPS) is 13.2. The van der Waals surface area contributed by atoms with Gasteiger partial charge in [-0.3, -0.25) is 9.52 Å². The highest BCUT2D eigenvalue weighted by Crippen LogP contribution is 2.29. The third-order valence-corrected chi connectivity index (χ3v) is 7.83. The zero-order valence-corrected chi connectivity index (χ0v) is 22.6. The van der Waals surface area contributed by atoms with Gasteiger partial charge in [0.2, 0.25) is 0 Å². The fourth-order valence-electron chi connectivity index (χ4n) is 4.40. The molecule has 2 N–H and O–H groups in total. The van der Waals surface area contributed by atoms with Gasteiger partial charge in [-0.2, -0.15) is 0 Å². The van der Waals surface area contributed by atoms with Crippen LogP contribution in [-0.2, 0) is 16.4 Å². The Kier molecular flexibility index (Phi) is 8.62.